The molecule has 0 unspecified atom stereocenters. The van der Waals surface area contributed by atoms with E-state index in [9.17, 15) is 0 Å². The maximum atomic E-state index is 5.50. The lowest BCUT2D eigenvalue weighted by molar-refractivity contribution is 0.128. The van der Waals surface area contributed by atoms with Gasteiger partial charge >= 0.3 is 0 Å². The van der Waals surface area contributed by atoms with Crippen molar-refractivity contribution in [2.75, 3.05) is 20.3 Å². The van der Waals surface area contributed by atoms with Crippen molar-refractivity contribution < 1.29 is 9.47 Å². The van der Waals surface area contributed by atoms with Gasteiger partial charge < -0.3 is 14.8 Å². The summed E-state index contributed by atoms with van der Waals surface area (Å²) in [4.78, 5) is 0. The smallest absolute Gasteiger partial charge is 0.122 e. The summed E-state index contributed by atoms with van der Waals surface area (Å²) < 4.78 is 10.7. The molecular formula is C14H21NO2. The molecule has 0 spiro atoms. The number of fused-ring (bicyclic) bond motifs is 1. The van der Waals surface area contributed by atoms with Gasteiger partial charge in [-0.2, -0.15) is 0 Å². The SMILES string of the molecule is COCC(C)(C)NCc1ccc2c(c1)CCO2. The van der Waals surface area contributed by atoms with Crippen molar-refractivity contribution in [3.8, 4) is 5.75 Å². The van der Waals surface area contributed by atoms with Gasteiger partial charge in [-0.15, -0.1) is 0 Å². The highest BCUT2D eigenvalue weighted by atomic mass is 16.5. The molecular weight excluding hydrogens is 214 g/mol. The van der Waals surface area contributed by atoms with Crippen LogP contribution in [0.3, 0.4) is 0 Å². The van der Waals surface area contributed by atoms with E-state index in [1.54, 1.807) is 7.11 Å². The summed E-state index contributed by atoms with van der Waals surface area (Å²) in [6.07, 6.45) is 1.03. The number of hydrogen-bond acceptors (Lipinski definition) is 3. The van der Waals surface area contributed by atoms with Crippen molar-refractivity contribution in [1.29, 1.82) is 0 Å². The summed E-state index contributed by atoms with van der Waals surface area (Å²) in [5, 5.41) is 3.50. The molecule has 0 amide bonds. The van der Waals surface area contributed by atoms with E-state index >= 15 is 0 Å². The second-order valence-electron chi connectivity index (χ2n) is 5.21. The van der Waals surface area contributed by atoms with Gasteiger partial charge in [0.2, 0.25) is 0 Å². The number of ether oxygens (including phenoxy) is 2. The third-order valence-corrected chi connectivity index (χ3v) is 3.03. The highest BCUT2D eigenvalue weighted by molar-refractivity contribution is 5.39. The van der Waals surface area contributed by atoms with E-state index in [-0.39, 0.29) is 5.54 Å². The molecule has 0 saturated carbocycles. The van der Waals surface area contributed by atoms with Gasteiger partial charge in [0, 0.05) is 25.6 Å². The van der Waals surface area contributed by atoms with Gasteiger partial charge in [-0.1, -0.05) is 12.1 Å². The normalized spacial score (nSPS) is 14.5. The fourth-order valence-corrected chi connectivity index (χ4v) is 2.10. The summed E-state index contributed by atoms with van der Waals surface area (Å²) in [5.41, 5.74) is 2.64. The van der Waals surface area contributed by atoms with Crippen molar-refractivity contribution in [1.82, 2.24) is 5.32 Å². The highest BCUT2D eigenvalue weighted by Gasteiger charge is 2.17. The van der Waals surface area contributed by atoms with Crippen LogP contribution in [0.1, 0.15) is 25.0 Å². The first-order chi connectivity index (χ1) is 8.11. The Kier molecular flexibility index (Phi) is 3.69. The second kappa shape index (κ2) is 5.07. The zero-order chi connectivity index (χ0) is 12.3. The summed E-state index contributed by atoms with van der Waals surface area (Å²) >= 11 is 0. The molecule has 1 aromatic carbocycles. The third kappa shape index (κ3) is 3.20. The lowest BCUT2D eigenvalue weighted by atomic mass is 10.0. The number of nitrogens with one attached hydrogen (secondary N) is 1. The first kappa shape index (κ1) is 12.4. The molecule has 1 aliphatic heterocycles. The van der Waals surface area contributed by atoms with Gasteiger partial charge in [-0.05, 0) is 31.0 Å². The van der Waals surface area contributed by atoms with Crippen LogP contribution < -0.4 is 10.1 Å². The van der Waals surface area contributed by atoms with Crippen LogP contribution >= 0.6 is 0 Å². The van der Waals surface area contributed by atoms with Gasteiger partial charge in [0.05, 0.1) is 13.2 Å². The number of rotatable bonds is 5. The van der Waals surface area contributed by atoms with Crippen molar-refractivity contribution in [3.63, 3.8) is 0 Å². The Morgan fingerprint density at radius 3 is 3.00 bits per heavy atom. The standard InChI is InChI=1S/C14H21NO2/c1-14(2,10-16-3)15-9-11-4-5-13-12(8-11)6-7-17-13/h4-5,8,15H,6-7,9-10H2,1-3H3. The van der Waals surface area contributed by atoms with E-state index in [2.05, 4.69) is 37.4 Å². The molecule has 0 aromatic heterocycles. The molecule has 1 aliphatic rings. The van der Waals surface area contributed by atoms with Crippen LogP contribution in [0.15, 0.2) is 18.2 Å². The lowest BCUT2D eigenvalue weighted by Crippen LogP contribution is -2.42. The Hall–Kier alpha value is -1.06. The topological polar surface area (TPSA) is 30.5 Å². The molecule has 0 radical (unpaired) electrons. The number of hydrogen-bond donors (Lipinski definition) is 1. The zero-order valence-corrected chi connectivity index (χ0v) is 10.9. The lowest BCUT2D eigenvalue weighted by Gasteiger charge is -2.25. The first-order valence-corrected chi connectivity index (χ1v) is 6.09. The fourth-order valence-electron chi connectivity index (χ4n) is 2.10. The van der Waals surface area contributed by atoms with Crippen molar-refractivity contribution in [3.05, 3.63) is 29.3 Å². The van der Waals surface area contributed by atoms with Crippen molar-refractivity contribution >= 4 is 0 Å². The van der Waals surface area contributed by atoms with Crippen LogP contribution in [0.4, 0.5) is 0 Å². The number of benzene rings is 1. The predicted molar refractivity (Wildman–Crippen MR) is 68.4 cm³/mol. The Balaban J connectivity index is 1.95. The summed E-state index contributed by atoms with van der Waals surface area (Å²) in [6.45, 7) is 6.69. The van der Waals surface area contributed by atoms with Crippen LogP contribution in [0.25, 0.3) is 0 Å². The quantitative estimate of drug-likeness (QED) is 0.848. The molecule has 1 N–H and O–H groups in total. The molecule has 3 heteroatoms. The largest absolute Gasteiger partial charge is 0.493 e. The molecule has 17 heavy (non-hydrogen) atoms. The minimum atomic E-state index is 0.00423. The molecule has 0 saturated heterocycles. The van der Waals surface area contributed by atoms with Gasteiger partial charge in [0.1, 0.15) is 5.75 Å². The maximum absolute atomic E-state index is 5.50. The molecule has 3 nitrogen and oxygen atoms in total. The van der Waals surface area contributed by atoms with E-state index in [1.165, 1.54) is 11.1 Å². The highest BCUT2D eigenvalue weighted by Crippen LogP contribution is 2.25. The van der Waals surface area contributed by atoms with E-state index in [1.807, 2.05) is 0 Å². The zero-order valence-electron chi connectivity index (χ0n) is 10.9. The molecule has 0 atom stereocenters. The van der Waals surface area contributed by atoms with E-state index < -0.39 is 0 Å². The average Bonchev–Trinajstić information content (AvgIpc) is 2.73. The molecule has 1 heterocycles. The monoisotopic (exact) mass is 235 g/mol. The van der Waals surface area contributed by atoms with Crippen LogP contribution in [0, 0.1) is 0 Å². The first-order valence-electron chi connectivity index (χ1n) is 6.09. The van der Waals surface area contributed by atoms with E-state index in [0.29, 0.717) is 6.61 Å². The van der Waals surface area contributed by atoms with E-state index in [0.717, 1.165) is 25.3 Å². The number of methoxy groups -OCH3 is 1. The summed E-state index contributed by atoms with van der Waals surface area (Å²) in [7, 11) is 1.73. The van der Waals surface area contributed by atoms with Gasteiger partial charge in [-0.3, -0.25) is 0 Å². The minimum absolute atomic E-state index is 0.00423. The Morgan fingerprint density at radius 1 is 1.41 bits per heavy atom. The average molecular weight is 235 g/mol. The van der Waals surface area contributed by atoms with Gasteiger partial charge in [0.15, 0.2) is 0 Å². The summed E-state index contributed by atoms with van der Waals surface area (Å²) in [6, 6.07) is 6.43. The predicted octanol–water partition coefficient (Wildman–Crippen LogP) is 2.14. The molecule has 1 aromatic rings. The van der Waals surface area contributed by atoms with Gasteiger partial charge in [0.25, 0.3) is 0 Å². The van der Waals surface area contributed by atoms with Crippen LogP contribution in [0.5, 0.6) is 5.75 Å². The fraction of sp³-hybridized carbons (Fsp3) is 0.571. The minimum Gasteiger partial charge on any atom is -0.493 e. The van der Waals surface area contributed by atoms with E-state index in [4.69, 9.17) is 9.47 Å². The van der Waals surface area contributed by atoms with Crippen LogP contribution in [-0.2, 0) is 17.7 Å². The maximum Gasteiger partial charge on any atom is 0.122 e. The van der Waals surface area contributed by atoms with Crippen molar-refractivity contribution in [2.45, 2.75) is 32.4 Å². The molecule has 0 bridgehead atoms. The van der Waals surface area contributed by atoms with Crippen LogP contribution in [-0.4, -0.2) is 25.9 Å². The molecule has 0 fully saturated rings. The third-order valence-electron chi connectivity index (χ3n) is 3.03. The Labute approximate surface area is 103 Å². The summed E-state index contributed by atoms with van der Waals surface area (Å²) in [5.74, 6) is 1.05. The molecule has 0 aliphatic carbocycles. The van der Waals surface area contributed by atoms with Crippen molar-refractivity contribution in [2.24, 2.45) is 0 Å². The Bertz CT molecular complexity index is 388. The van der Waals surface area contributed by atoms with Crippen LogP contribution in [0.2, 0.25) is 0 Å². The molecule has 94 valence electrons. The second-order valence-corrected chi connectivity index (χ2v) is 5.21. The Morgan fingerprint density at radius 2 is 2.24 bits per heavy atom. The molecule has 2 rings (SSSR count). The van der Waals surface area contributed by atoms with Gasteiger partial charge in [-0.25, -0.2) is 0 Å².